The Balaban J connectivity index is 1.27. The van der Waals surface area contributed by atoms with Gasteiger partial charge in [0.2, 0.25) is 17.7 Å². The van der Waals surface area contributed by atoms with Gasteiger partial charge in [0.1, 0.15) is 11.4 Å². The van der Waals surface area contributed by atoms with Crippen LogP contribution in [0.3, 0.4) is 0 Å². The van der Waals surface area contributed by atoms with Crippen molar-refractivity contribution in [2.24, 2.45) is 5.92 Å². The Bertz CT molecular complexity index is 948. The van der Waals surface area contributed by atoms with Crippen LogP contribution in [0.15, 0.2) is 42.6 Å². The van der Waals surface area contributed by atoms with Crippen molar-refractivity contribution >= 4 is 17.5 Å². The van der Waals surface area contributed by atoms with Crippen molar-refractivity contribution in [1.29, 1.82) is 0 Å². The highest BCUT2D eigenvalue weighted by Gasteiger charge is 2.26. The van der Waals surface area contributed by atoms with Gasteiger partial charge in [-0.3, -0.25) is 9.59 Å². The van der Waals surface area contributed by atoms with E-state index >= 15 is 0 Å². The quantitative estimate of drug-likeness (QED) is 0.670. The number of carbonyl (C=O) groups is 2. The van der Waals surface area contributed by atoms with Crippen LogP contribution in [-0.2, 0) is 16.1 Å². The molecule has 0 unspecified atom stereocenters. The topological polar surface area (TPSA) is 74.8 Å². The van der Waals surface area contributed by atoms with Gasteiger partial charge in [0, 0.05) is 37.7 Å². The highest BCUT2D eigenvalue weighted by atomic mass is 16.5. The molecule has 1 aromatic carbocycles. The van der Waals surface area contributed by atoms with E-state index < -0.39 is 0 Å². The van der Waals surface area contributed by atoms with Gasteiger partial charge in [-0.25, -0.2) is 4.98 Å². The summed E-state index contributed by atoms with van der Waals surface area (Å²) < 4.78 is 5.94. The first-order chi connectivity index (χ1) is 15.6. The number of hydrogen-bond donors (Lipinski definition) is 1. The van der Waals surface area contributed by atoms with E-state index in [4.69, 9.17) is 4.74 Å². The first kappa shape index (κ1) is 22.3. The van der Waals surface area contributed by atoms with E-state index in [1.54, 1.807) is 17.2 Å². The van der Waals surface area contributed by atoms with Gasteiger partial charge in [0.25, 0.3) is 0 Å². The highest BCUT2D eigenvalue weighted by molar-refractivity contribution is 5.96. The lowest BCUT2D eigenvalue weighted by Gasteiger charge is -2.30. The monoisotopic (exact) mass is 436 g/mol. The SMILES string of the molecule is C[C@@H]1CCCN(CCCNC(=O)CCC(=O)N2Cc3ccccc3Oc3ncccc32)C1. The molecule has 2 aromatic rings. The summed E-state index contributed by atoms with van der Waals surface area (Å²) in [5, 5.41) is 2.97. The lowest BCUT2D eigenvalue weighted by Crippen LogP contribution is -2.36. The number of benzene rings is 1. The van der Waals surface area contributed by atoms with E-state index in [2.05, 4.69) is 22.1 Å². The lowest BCUT2D eigenvalue weighted by molar-refractivity contribution is -0.125. The Hall–Kier alpha value is -2.93. The number of para-hydroxylation sites is 1. The fourth-order valence-electron chi connectivity index (χ4n) is 4.45. The maximum absolute atomic E-state index is 13.1. The third kappa shape index (κ3) is 5.65. The molecule has 32 heavy (non-hydrogen) atoms. The molecular weight excluding hydrogens is 404 g/mol. The molecule has 7 heteroatoms. The first-order valence-electron chi connectivity index (χ1n) is 11.6. The normalized spacial score (nSPS) is 18.2. The number of anilines is 1. The van der Waals surface area contributed by atoms with E-state index in [1.807, 2.05) is 30.3 Å². The summed E-state index contributed by atoms with van der Waals surface area (Å²) in [6.45, 7) is 6.67. The summed E-state index contributed by atoms with van der Waals surface area (Å²) in [7, 11) is 0. The molecule has 1 fully saturated rings. The number of pyridine rings is 1. The predicted molar refractivity (Wildman–Crippen MR) is 124 cm³/mol. The average molecular weight is 437 g/mol. The number of likely N-dealkylation sites (tertiary alicyclic amines) is 1. The smallest absolute Gasteiger partial charge is 0.243 e. The largest absolute Gasteiger partial charge is 0.437 e. The second kappa shape index (κ2) is 10.6. The molecule has 0 saturated carbocycles. The zero-order valence-electron chi connectivity index (χ0n) is 18.8. The predicted octanol–water partition coefficient (Wildman–Crippen LogP) is 3.74. The number of aromatic nitrogens is 1. The molecule has 3 heterocycles. The molecule has 0 radical (unpaired) electrons. The minimum absolute atomic E-state index is 0.0803. The van der Waals surface area contributed by atoms with Gasteiger partial charge in [0.15, 0.2) is 0 Å². The molecule has 0 aliphatic carbocycles. The fraction of sp³-hybridized carbons (Fsp3) is 0.480. The van der Waals surface area contributed by atoms with E-state index in [9.17, 15) is 9.59 Å². The number of ether oxygens (including phenoxy) is 1. The molecule has 1 N–H and O–H groups in total. The second-order valence-corrected chi connectivity index (χ2v) is 8.77. The summed E-state index contributed by atoms with van der Waals surface area (Å²) in [4.78, 5) is 33.8. The van der Waals surface area contributed by atoms with Gasteiger partial charge >= 0.3 is 0 Å². The second-order valence-electron chi connectivity index (χ2n) is 8.77. The molecule has 170 valence electrons. The highest BCUT2D eigenvalue weighted by Crippen LogP contribution is 2.37. The van der Waals surface area contributed by atoms with Gasteiger partial charge in [-0.2, -0.15) is 0 Å². The average Bonchev–Trinajstić information content (AvgIpc) is 2.97. The number of amides is 2. The molecular formula is C25H32N4O3. The molecule has 7 nitrogen and oxygen atoms in total. The van der Waals surface area contributed by atoms with Crippen molar-refractivity contribution in [1.82, 2.24) is 15.2 Å². The van der Waals surface area contributed by atoms with E-state index in [0.29, 0.717) is 30.4 Å². The standard InChI is InChI=1S/C25H32N4O3/c1-19-7-5-15-28(17-19)16-6-14-26-23(30)11-12-24(31)29-18-20-8-2-3-10-22(20)32-25-21(29)9-4-13-27-25/h2-4,8-10,13,19H,5-7,11-12,14-18H2,1H3,(H,26,30)/t19-/m1/s1. The van der Waals surface area contributed by atoms with E-state index in [-0.39, 0.29) is 24.7 Å². The number of hydrogen-bond acceptors (Lipinski definition) is 5. The Morgan fingerprint density at radius 1 is 1.19 bits per heavy atom. The third-order valence-corrected chi connectivity index (χ3v) is 6.13. The number of rotatable bonds is 7. The van der Waals surface area contributed by atoms with E-state index in [0.717, 1.165) is 37.5 Å². The first-order valence-corrected chi connectivity index (χ1v) is 11.6. The molecule has 1 aromatic heterocycles. The zero-order chi connectivity index (χ0) is 22.3. The molecule has 2 aliphatic heterocycles. The summed E-state index contributed by atoms with van der Waals surface area (Å²) in [5.41, 5.74) is 1.54. The molecule has 1 atom stereocenters. The van der Waals surface area contributed by atoms with Crippen LogP contribution in [0.5, 0.6) is 11.6 Å². The van der Waals surface area contributed by atoms with Crippen LogP contribution >= 0.6 is 0 Å². The van der Waals surface area contributed by atoms with Gasteiger partial charge in [-0.15, -0.1) is 0 Å². The van der Waals surface area contributed by atoms with Crippen molar-refractivity contribution in [3.8, 4) is 11.6 Å². The van der Waals surface area contributed by atoms with Crippen LogP contribution in [0, 0.1) is 5.92 Å². The van der Waals surface area contributed by atoms with Crippen molar-refractivity contribution in [2.75, 3.05) is 31.1 Å². The van der Waals surface area contributed by atoms with Crippen LogP contribution in [0.25, 0.3) is 0 Å². The van der Waals surface area contributed by atoms with Gasteiger partial charge < -0.3 is 19.9 Å². The van der Waals surface area contributed by atoms with Crippen LogP contribution in [-0.4, -0.2) is 47.9 Å². The van der Waals surface area contributed by atoms with Gasteiger partial charge in [-0.1, -0.05) is 25.1 Å². The summed E-state index contributed by atoms with van der Waals surface area (Å²) in [5.74, 6) is 1.67. The fourth-order valence-corrected chi connectivity index (χ4v) is 4.45. The van der Waals surface area contributed by atoms with Crippen molar-refractivity contribution in [2.45, 2.75) is 45.6 Å². The van der Waals surface area contributed by atoms with Crippen molar-refractivity contribution in [3.05, 3.63) is 48.2 Å². The van der Waals surface area contributed by atoms with E-state index in [1.165, 1.54) is 12.8 Å². The van der Waals surface area contributed by atoms with Crippen LogP contribution < -0.4 is 15.0 Å². The van der Waals surface area contributed by atoms with Crippen molar-refractivity contribution in [3.63, 3.8) is 0 Å². The minimum Gasteiger partial charge on any atom is -0.437 e. The maximum Gasteiger partial charge on any atom is 0.243 e. The van der Waals surface area contributed by atoms with Crippen LogP contribution in [0.2, 0.25) is 0 Å². The molecule has 4 rings (SSSR count). The zero-order valence-corrected chi connectivity index (χ0v) is 18.8. The molecule has 1 saturated heterocycles. The Kier molecular flexibility index (Phi) is 7.37. The number of nitrogens with one attached hydrogen (secondary N) is 1. The summed E-state index contributed by atoms with van der Waals surface area (Å²) in [6, 6.07) is 11.3. The molecule has 2 aliphatic rings. The number of nitrogens with zero attached hydrogens (tertiary/aromatic N) is 3. The summed E-state index contributed by atoms with van der Waals surface area (Å²) >= 11 is 0. The lowest BCUT2D eigenvalue weighted by atomic mass is 10.0. The van der Waals surface area contributed by atoms with Gasteiger partial charge in [-0.05, 0) is 56.5 Å². The van der Waals surface area contributed by atoms with Crippen molar-refractivity contribution < 1.29 is 14.3 Å². The number of carbonyl (C=O) groups excluding carboxylic acids is 2. The molecule has 0 spiro atoms. The summed E-state index contributed by atoms with van der Waals surface area (Å²) in [6.07, 6.45) is 5.48. The van der Waals surface area contributed by atoms with Gasteiger partial charge in [0.05, 0.1) is 6.54 Å². The Morgan fingerprint density at radius 2 is 2.06 bits per heavy atom. The van der Waals surface area contributed by atoms with Crippen LogP contribution in [0.4, 0.5) is 5.69 Å². The number of fused-ring (bicyclic) bond motifs is 2. The number of piperidine rings is 1. The maximum atomic E-state index is 13.1. The Morgan fingerprint density at radius 3 is 2.94 bits per heavy atom. The molecule has 2 amide bonds. The Labute approximate surface area is 189 Å². The third-order valence-electron chi connectivity index (χ3n) is 6.13. The molecule has 0 bridgehead atoms. The minimum atomic E-state index is -0.114. The van der Waals surface area contributed by atoms with Crippen LogP contribution in [0.1, 0.15) is 44.6 Å².